The van der Waals surface area contributed by atoms with Crippen LogP contribution in [0.2, 0.25) is 0 Å². The molecule has 18 heavy (non-hydrogen) atoms. The molecule has 1 aromatic heterocycles. The van der Waals surface area contributed by atoms with E-state index in [2.05, 4.69) is 6.92 Å². The normalized spacial score (nSPS) is 22.1. The molecule has 2 fully saturated rings. The van der Waals surface area contributed by atoms with Gasteiger partial charge in [0.1, 0.15) is 11.5 Å². The van der Waals surface area contributed by atoms with E-state index in [1.807, 2.05) is 0 Å². The predicted molar refractivity (Wildman–Crippen MR) is 68.8 cm³/mol. The van der Waals surface area contributed by atoms with Gasteiger partial charge in [0.05, 0.1) is 6.61 Å². The maximum atomic E-state index is 9.59. The monoisotopic (exact) mass is 250 g/mol. The van der Waals surface area contributed by atoms with Gasteiger partial charge in [0, 0.05) is 30.6 Å². The summed E-state index contributed by atoms with van der Waals surface area (Å²) in [4.78, 5) is 0. The molecule has 1 N–H and O–H groups in total. The van der Waals surface area contributed by atoms with Gasteiger partial charge in [-0.05, 0) is 38.2 Å². The largest absolute Gasteiger partial charge is 0.465 e. The van der Waals surface area contributed by atoms with Crippen molar-refractivity contribution in [2.24, 2.45) is 0 Å². The number of aliphatic hydroxyl groups is 1. The lowest BCUT2D eigenvalue weighted by Gasteiger charge is -2.24. The Balaban J connectivity index is 1.91. The lowest BCUT2D eigenvalue weighted by Crippen LogP contribution is -2.14. The standard InChI is InChI=1S/C15H22O3/c1-10-13(9-16)15(11-3-2-4-11)18-14(10)12-5-7-17-8-6-12/h11-12,16H,2-9H2,1H3. The molecule has 0 spiro atoms. The van der Waals surface area contributed by atoms with Crippen molar-refractivity contribution in [2.45, 2.75) is 57.5 Å². The number of hydrogen-bond donors (Lipinski definition) is 1. The number of aliphatic hydroxyl groups excluding tert-OH is 1. The van der Waals surface area contributed by atoms with E-state index in [0.29, 0.717) is 11.8 Å². The SMILES string of the molecule is Cc1c(C2CCOCC2)oc(C2CCC2)c1CO. The minimum absolute atomic E-state index is 0.115. The summed E-state index contributed by atoms with van der Waals surface area (Å²) in [6.07, 6.45) is 5.81. The average Bonchev–Trinajstić information content (AvgIpc) is 2.65. The van der Waals surface area contributed by atoms with Gasteiger partial charge in [-0.1, -0.05) is 6.42 Å². The molecule has 0 atom stereocenters. The highest BCUT2D eigenvalue weighted by atomic mass is 16.5. The van der Waals surface area contributed by atoms with Crippen LogP contribution in [-0.2, 0) is 11.3 Å². The molecule has 0 radical (unpaired) electrons. The van der Waals surface area contributed by atoms with E-state index >= 15 is 0 Å². The fourth-order valence-electron chi connectivity index (χ4n) is 3.14. The van der Waals surface area contributed by atoms with Crippen LogP contribution in [0, 0.1) is 6.92 Å². The minimum atomic E-state index is 0.115. The third-order valence-corrected chi connectivity index (χ3v) is 4.57. The van der Waals surface area contributed by atoms with Crippen LogP contribution in [0.5, 0.6) is 0 Å². The molecule has 1 saturated heterocycles. The van der Waals surface area contributed by atoms with Gasteiger partial charge >= 0.3 is 0 Å². The first-order chi connectivity index (χ1) is 8.81. The molecule has 0 amide bonds. The van der Waals surface area contributed by atoms with Crippen molar-refractivity contribution < 1.29 is 14.3 Å². The van der Waals surface area contributed by atoms with Crippen LogP contribution in [0.15, 0.2) is 4.42 Å². The van der Waals surface area contributed by atoms with Gasteiger partial charge in [0.2, 0.25) is 0 Å². The van der Waals surface area contributed by atoms with Crippen molar-refractivity contribution in [1.29, 1.82) is 0 Å². The van der Waals surface area contributed by atoms with E-state index in [-0.39, 0.29) is 6.61 Å². The number of ether oxygens (including phenoxy) is 1. The molecule has 2 aliphatic rings. The Hall–Kier alpha value is -0.800. The topological polar surface area (TPSA) is 42.6 Å². The summed E-state index contributed by atoms with van der Waals surface area (Å²) in [5.74, 6) is 3.23. The first-order valence-corrected chi connectivity index (χ1v) is 7.12. The van der Waals surface area contributed by atoms with Crippen LogP contribution < -0.4 is 0 Å². The molecule has 0 bridgehead atoms. The van der Waals surface area contributed by atoms with E-state index < -0.39 is 0 Å². The fraction of sp³-hybridized carbons (Fsp3) is 0.733. The molecule has 1 saturated carbocycles. The summed E-state index contributed by atoms with van der Waals surface area (Å²) in [6, 6.07) is 0. The van der Waals surface area contributed by atoms with Crippen LogP contribution in [-0.4, -0.2) is 18.3 Å². The molecule has 0 unspecified atom stereocenters. The summed E-state index contributed by atoms with van der Waals surface area (Å²) in [7, 11) is 0. The smallest absolute Gasteiger partial charge is 0.113 e. The molecule has 0 aromatic carbocycles. The third kappa shape index (κ3) is 1.99. The van der Waals surface area contributed by atoms with Crippen molar-refractivity contribution >= 4 is 0 Å². The van der Waals surface area contributed by atoms with Gasteiger partial charge in [-0.2, -0.15) is 0 Å². The zero-order chi connectivity index (χ0) is 12.5. The predicted octanol–water partition coefficient (Wildman–Crippen LogP) is 3.24. The van der Waals surface area contributed by atoms with Gasteiger partial charge in [0.15, 0.2) is 0 Å². The van der Waals surface area contributed by atoms with Crippen molar-refractivity contribution in [3.05, 3.63) is 22.6 Å². The molecular formula is C15H22O3. The molecular weight excluding hydrogens is 228 g/mol. The first kappa shape index (κ1) is 12.2. The van der Waals surface area contributed by atoms with Gasteiger partial charge in [-0.3, -0.25) is 0 Å². The first-order valence-electron chi connectivity index (χ1n) is 7.12. The zero-order valence-corrected chi connectivity index (χ0v) is 11.1. The number of furan rings is 1. The Morgan fingerprint density at radius 3 is 2.28 bits per heavy atom. The lowest BCUT2D eigenvalue weighted by atomic mass is 9.82. The van der Waals surface area contributed by atoms with Gasteiger partial charge in [-0.15, -0.1) is 0 Å². The number of hydrogen-bond acceptors (Lipinski definition) is 3. The second-order valence-electron chi connectivity index (χ2n) is 5.61. The lowest BCUT2D eigenvalue weighted by molar-refractivity contribution is 0.0799. The molecule has 100 valence electrons. The van der Waals surface area contributed by atoms with E-state index in [0.717, 1.165) is 43.1 Å². The fourth-order valence-corrected chi connectivity index (χ4v) is 3.14. The van der Waals surface area contributed by atoms with Crippen molar-refractivity contribution in [1.82, 2.24) is 0 Å². The summed E-state index contributed by atoms with van der Waals surface area (Å²) in [6.45, 7) is 3.88. The average molecular weight is 250 g/mol. The van der Waals surface area contributed by atoms with Crippen molar-refractivity contribution in [3.8, 4) is 0 Å². The highest BCUT2D eigenvalue weighted by Gasteiger charge is 2.31. The summed E-state index contributed by atoms with van der Waals surface area (Å²) < 4.78 is 11.6. The molecule has 3 rings (SSSR count). The second kappa shape index (κ2) is 5.06. The Labute approximate surface area is 108 Å². The van der Waals surface area contributed by atoms with Crippen LogP contribution in [0.1, 0.15) is 66.6 Å². The quantitative estimate of drug-likeness (QED) is 0.895. The third-order valence-electron chi connectivity index (χ3n) is 4.57. The highest BCUT2D eigenvalue weighted by Crippen LogP contribution is 2.43. The van der Waals surface area contributed by atoms with Crippen LogP contribution in [0.4, 0.5) is 0 Å². The Morgan fingerprint density at radius 2 is 1.72 bits per heavy atom. The Kier molecular flexibility index (Phi) is 3.44. The van der Waals surface area contributed by atoms with E-state index in [1.165, 1.54) is 24.8 Å². The zero-order valence-electron chi connectivity index (χ0n) is 11.1. The molecule has 3 nitrogen and oxygen atoms in total. The summed E-state index contributed by atoms with van der Waals surface area (Å²) >= 11 is 0. The maximum Gasteiger partial charge on any atom is 0.113 e. The van der Waals surface area contributed by atoms with Crippen LogP contribution >= 0.6 is 0 Å². The highest BCUT2D eigenvalue weighted by molar-refractivity contribution is 5.36. The van der Waals surface area contributed by atoms with Gasteiger partial charge < -0.3 is 14.3 Å². The Bertz CT molecular complexity index is 412. The number of rotatable bonds is 3. The maximum absolute atomic E-state index is 9.59. The Morgan fingerprint density at radius 1 is 1.06 bits per heavy atom. The van der Waals surface area contributed by atoms with E-state index in [1.54, 1.807) is 0 Å². The summed E-state index contributed by atoms with van der Waals surface area (Å²) in [5.41, 5.74) is 2.24. The van der Waals surface area contributed by atoms with Gasteiger partial charge in [-0.25, -0.2) is 0 Å². The summed E-state index contributed by atoms with van der Waals surface area (Å²) in [5, 5.41) is 9.59. The second-order valence-corrected chi connectivity index (χ2v) is 5.61. The minimum Gasteiger partial charge on any atom is -0.465 e. The van der Waals surface area contributed by atoms with E-state index in [9.17, 15) is 5.11 Å². The molecule has 1 aliphatic heterocycles. The van der Waals surface area contributed by atoms with Crippen molar-refractivity contribution in [2.75, 3.05) is 13.2 Å². The molecule has 2 heterocycles. The van der Waals surface area contributed by atoms with Crippen LogP contribution in [0.25, 0.3) is 0 Å². The molecule has 3 heteroatoms. The van der Waals surface area contributed by atoms with Gasteiger partial charge in [0.25, 0.3) is 0 Å². The molecule has 1 aliphatic carbocycles. The van der Waals surface area contributed by atoms with Crippen molar-refractivity contribution in [3.63, 3.8) is 0 Å². The van der Waals surface area contributed by atoms with E-state index in [4.69, 9.17) is 9.15 Å². The van der Waals surface area contributed by atoms with Crippen LogP contribution in [0.3, 0.4) is 0 Å². The molecule has 1 aromatic rings.